The van der Waals surface area contributed by atoms with E-state index in [-0.39, 0.29) is 11.1 Å². The van der Waals surface area contributed by atoms with Gasteiger partial charge in [-0.1, -0.05) is 6.07 Å². The number of aromatic carboxylic acids is 2. The van der Waals surface area contributed by atoms with Gasteiger partial charge in [-0.05, 0) is 18.2 Å². The Morgan fingerprint density at radius 3 is 2.44 bits per heavy atom. The highest BCUT2D eigenvalue weighted by Gasteiger charge is 2.18. The summed E-state index contributed by atoms with van der Waals surface area (Å²) in [5.41, 5.74) is 0.0102. The van der Waals surface area contributed by atoms with Gasteiger partial charge in [-0.15, -0.1) is 0 Å². The number of hydrogen-bond acceptors (Lipinski definition) is 3. The zero-order valence-electron chi connectivity index (χ0n) is 8.04. The Balaban J connectivity index is 2.90. The summed E-state index contributed by atoms with van der Waals surface area (Å²) in [6.45, 7) is 0. The number of carboxylic acids is 2. The number of carbonyl (C=O) groups is 2. The Morgan fingerprint density at radius 1 is 1.06 bits per heavy atom. The van der Waals surface area contributed by atoms with Crippen LogP contribution in [0.4, 0.5) is 0 Å². The van der Waals surface area contributed by atoms with Crippen molar-refractivity contribution in [2.75, 3.05) is 0 Å². The maximum Gasteiger partial charge on any atom is 0.337 e. The predicted molar refractivity (Wildman–Crippen MR) is 55.7 cm³/mol. The minimum Gasteiger partial charge on any atom is -0.478 e. The van der Waals surface area contributed by atoms with Crippen molar-refractivity contribution in [1.82, 2.24) is 4.98 Å². The molecule has 2 rings (SSSR count). The molecular formula is C11H7NO4. The first-order valence-electron chi connectivity index (χ1n) is 4.45. The summed E-state index contributed by atoms with van der Waals surface area (Å²) < 4.78 is 0. The van der Waals surface area contributed by atoms with E-state index in [0.717, 1.165) is 0 Å². The molecule has 1 aromatic carbocycles. The molecule has 80 valence electrons. The van der Waals surface area contributed by atoms with Crippen molar-refractivity contribution in [1.29, 1.82) is 0 Å². The van der Waals surface area contributed by atoms with Crippen molar-refractivity contribution >= 4 is 22.8 Å². The van der Waals surface area contributed by atoms with Crippen LogP contribution in [0.1, 0.15) is 20.7 Å². The van der Waals surface area contributed by atoms with E-state index in [1.165, 1.54) is 24.4 Å². The fraction of sp³-hybridized carbons (Fsp3) is 0. The zero-order valence-corrected chi connectivity index (χ0v) is 8.04. The first-order valence-corrected chi connectivity index (χ1v) is 4.45. The molecule has 5 heteroatoms. The molecule has 0 aliphatic heterocycles. The number of carboxylic acid groups (broad SMARTS) is 2. The minimum absolute atomic E-state index is 0.224. The van der Waals surface area contributed by atoms with Crippen LogP contribution in [0.5, 0.6) is 0 Å². The molecule has 16 heavy (non-hydrogen) atoms. The van der Waals surface area contributed by atoms with Crippen LogP contribution in [-0.4, -0.2) is 27.1 Å². The van der Waals surface area contributed by atoms with E-state index in [2.05, 4.69) is 4.98 Å². The normalized spacial score (nSPS) is 10.2. The van der Waals surface area contributed by atoms with Crippen LogP contribution in [0.25, 0.3) is 10.9 Å². The van der Waals surface area contributed by atoms with Gasteiger partial charge in [-0.3, -0.25) is 4.98 Å². The lowest BCUT2D eigenvalue weighted by Crippen LogP contribution is -2.08. The molecule has 0 unspecified atom stereocenters. The van der Waals surface area contributed by atoms with Crippen LogP contribution in [0.15, 0.2) is 30.5 Å². The Labute approximate surface area is 90.0 Å². The van der Waals surface area contributed by atoms with E-state index in [1.54, 1.807) is 6.07 Å². The molecule has 0 radical (unpaired) electrons. The fourth-order valence-corrected chi connectivity index (χ4v) is 1.56. The highest BCUT2D eigenvalue weighted by atomic mass is 16.4. The quantitative estimate of drug-likeness (QED) is 0.798. The van der Waals surface area contributed by atoms with Gasteiger partial charge in [0.25, 0.3) is 0 Å². The molecule has 0 amide bonds. The van der Waals surface area contributed by atoms with Gasteiger partial charge in [0, 0.05) is 11.6 Å². The highest BCUT2D eigenvalue weighted by molar-refractivity contribution is 6.11. The zero-order chi connectivity index (χ0) is 11.7. The maximum absolute atomic E-state index is 11.0. The van der Waals surface area contributed by atoms with Crippen molar-refractivity contribution in [3.63, 3.8) is 0 Å². The van der Waals surface area contributed by atoms with E-state index in [4.69, 9.17) is 10.2 Å². The van der Waals surface area contributed by atoms with E-state index in [0.29, 0.717) is 10.9 Å². The summed E-state index contributed by atoms with van der Waals surface area (Å²) in [7, 11) is 0. The van der Waals surface area contributed by atoms with E-state index >= 15 is 0 Å². The van der Waals surface area contributed by atoms with Gasteiger partial charge < -0.3 is 10.2 Å². The van der Waals surface area contributed by atoms with Crippen LogP contribution in [0.2, 0.25) is 0 Å². The molecule has 0 bridgehead atoms. The van der Waals surface area contributed by atoms with Gasteiger partial charge in [0.1, 0.15) is 0 Å². The number of pyridine rings is 1. The molecule has 0 aliphatic rings. The third-order valence-electron chi connectivity index (χ3n) is 2.23. The maximum atomic E-state index is 11.0. The molecule has 1 heterocycles. The topological polar surface area (TPSA) is 87.5 Å². The molecule has 5 nitrogen and oxygen atoms in total. The van der Waals surface area contributed by atoms with Crippen LogP contribution < -0.4 is 0 Å². The molecule has 0 fully saturated rings. The summed E-state index contributed by atoms with van der Waals surface area (Å²) >= 11 is 0. The smallest absolute Gasteiger partial charge is 0.337 e. The summed E-state index contributed by atoms with van der Waals surface area (Å²) in [4.78, 5) is 25.9. The van der Waals surface area contributed by atoms with Gasteiger partial charge in [-0.25, -0.2) is 9.59 Å². The first-order chi connectivity index (χ1) is 7.61. The van der Waals surface area contributed by atoms with Gasteiger partial charge in [0.2, 0.25) is 0 Å². The number of benzene rings is 1. The standard InChI is InChI=1S/C11H7NO4/c13-10(14)7-3-4-8-6(2-1-5-12-8)9(7)11(15)16/h1-5H,(H,13,14)(H,15,16). The molecule has 1 aromatic heterocycles. The summed E-state index contributed by atoms with van der Waals surface area (Å²) in [5, 5.41) is 18.2. The van der Waals surface area contributed by atoms with Gasteiger partial charge in [0.05, 0.1) is 16.6 Å². The van der Waals surface area contributed by atoms with Crippen molar-refractivity contribution in [2.24, 2.45) is 0 Å². The number of aromatic nitrogens is 1. The molecule has 0 saturated heterocycles. The van der Waals surface area contributed by atoms with Crippen LogP contribution in [0.3, 0.4) is 0 Å². The lowest BCUT2D eigenvalue weighted by atomic mass is 10.0. The van der Waals surface area contributed by atoms with Crippen LogP contribution in [0, 0.1) is 0 Å². The van der Waals surface area contributed by atoms with Crippen molar-refractivity contribution in [3.8, 4) is 0 Å². The second-order valence-corrected chi connectivity index (χ2v) is 3.17. The Hall–Kier alpha value is -2.43. The SMILES string of the molecule is O=C(O)c1ccc2ncccc2c1C(=O)O. The summed E-state index contributed by atoms with van der Waals surface area (Å²) in [5.74, 6) is -2.53. The van der Waals surface area contributed by atoms with Crippen molar-refractivity contribution < 1.29 is 19.8 Å². The van der Waals surface area contributed by atoms with Crippen LogP contribution in [-0.2, 0) is 0 Å². The average molecular weight is 217 g/mol. The van der Waals surface area contributed by atoms with Gasteiger partial charge in [0.15, 0.2) is 0 Å². The van der Waals surface area contributed by atoms with E-state index in [9.17, 15) is 9.59 Å². The van der Waals surface area contributed by atoms with Gasteiger partial charge >= 0.3 is 11.9 Å². The predicted octanol–water partition coefficient (Wildman–Crippen LogP) is 1.63. The summed E-state index contributed by atoms with van der Waals surface area (Å²) in [6.07, 6.45) is 1.52. The molecule has 0 spiro atoms. The lowest BCUT2D eigenvalue weighted by molar-refractivity contribution is 0.0653. The molecule has 0 saturated carbocycles. The average Bonchev–Trinajstić information content (AvgIpc) is 2.27. The number of nitrogens with zero attached hydrogens (tertiary/aromatic N) is 1. The molecule has 2 N–H and O–H groups in total. The Bertz CT molecular complexity index is 592. The largest absolute Gasteiger partial charge is 0.478 e. The first kappa shape index (κ1) is 10.1. The minimum atomic E-state index is -1.27. The van der Waals surface area contributed by atoms with Crippen molar-refractivity contribution in [2.45, 2.75) is 0 Å². The number of rotatable bonds is 2. The molecule has 0 atom stereocenters. The number of fused-ring (bicyclic) bond motifs is 1. The Morgan fingerprint density at radius 2 is 1.81 bits per heavy atom. The summed E-state index contributed by atoms with van der Waals surface area (Å²) in [6, 6.07) is 5.85. The lowest BCUT2D eigenvalue weighted by Gasteiger charge is -2.05. The third kappa shape index (κ3) is 1.48. The van der Waals surface area contributed by atoms with Crippen molar-refractivity contribution in [3.05, 3.63) is 41.6 Å². The monoisotopic (exact) mass is 217 g/mol. The fourth-order valence-electron chi connectivity index (χ4n) is 1.56. The second kappa shape index (κ2) is 3.62. The van der Waals surface area contributed by atoms with E-state index < -0.39 is 11.9 Å². The second-order valence-electron chi connectivity index (χ2n) is 3.17. The third-order valence-corrected chi connectivity index (χ3v) is 2.23. The van der Waals surface area contributed by atoms with Gasteiger partial charge in [-0.2, -0.15) is 0 Å². The molecule has 2 aromatic rings. The number of hydrogen-bond donors (Lipinski definition) is 2. The Kier molecular flexibility index (Phi) is 2.28. The molecular weight excluding hydrogens is 210 g/mol. The molecule has 0 aliphatic carbocycles. The van der Waals surface area contributed by atoms with Crippen LogP contribution >= 0.6 is 0 Å². The highest BCUT2D eigenvalue weighted by Crippen LogP contribution is 2.21. The van der Waals surface area contributed by atoms with E-state index in [1.807, 2.05) is 0 Å².